The van der Waals surface area contributed by atoms with Crippen LogP contribution in [0.4, 0.5) is 0 Å². The minimum atomic E-state index is 0.532. The van der Waals surface area contributed by atoms with E-state index in [1.165, 1.54) is 38.5 Å². The van der Waals surface area contributed by atoms with Crippen LogP contribution in [-0.2, 0) is 0 Å². The zero-order valence-corrected chi connectivity index (χ0v) is 11.7. The molecule has 0 amide bonds. The Morgan fingerprint density at radius 1 is 1.06 bits per heavy atom. The van der Waals surface area contributed by atoms with Gasteiger partial charge in [0.1, 0.15) is 0 Å². The van der Waals surface area contributed by atoms with E-state index in [1.807, 2.05) is 0 Å². The van der Waals surface area contributed by atoms with Crippen LogP contribution < -0.4 is 0 Å². The van der Waals surface area contributed by atoms with Crippen molar-refractivity contribution >= 4 is 0 Å². The van der Waals surface area contributed by atoms with Crippen molar-refractivity contribution in [1.29, 1.82) is 0 Å². The molecule has 0 aromatic rings. The molecule has 3 rings (SSSR count). The van der Waals surface area contributed by atoms with Gasteiger partial charge in [-0.05, 0) is 67.6 Å². The Kier molecular flexibility index (Phi) is 2.88. The van der Waals surface area contributed by atoms with Crippen LogP contribution in [-0.4, -0.2) is 0 Å². The molecule has 96 valence electrons. The fourth-order valence-electron chi connectivity index (χ4n) is 5.12. The summed E-state index contributed by atoms with van der Waals surface area (Å²) in [5, 5.41) is 0. The maximum atomic E-state index is 2.58. The molecule has 0 nitrogen and oxygen atoms in total. The Morgan fingerprint density at radius 3 is 2.53 bits per heavy atom. The number of hydrogen-bond acceptors (Lipinski definition) is 0. The average Bonchev–Trinajstić information content (AvgIpc) is 2.90. The molecule has 0 heterocycles. The van der Waals surface area contributed by atoms with E-state index in [0.717, 1.165) is 17.3 Å². The molecule has 0 aromatic heterocycles. The van der Waals surface area contributed by atoms with Gasteiger partial charge in [0.15, 0.2) is 0 Å². The van der Waals surface area contributed by atoms with Gasteiger partial charge in [0.2, 0.25) is 0 Å². The molecule has 3 aliphatic rings. The highest BCUT2D eigenvalue weighted by molar-refractivity contribution is 5.09. The van der Waals surface area contributed by atoms with Crippen molar-refractivity contribution < 1.29 is 0 Å². The first-order valence-corrected chi connectivity index (χ1v) is 7.80. The van der Waals surface area contributed by atoms with Crippen molar-refractivity contribution in [3.63, 3.8) is 0 Å². The van der Waals surface area contributed by atoms with Crippen molar-refractivity contribution in [3.05, 3.63) is 12.2 Å². The molecule has 0 saturated heterocycles. The molecule has 3 aliphatic carbocycles. The third-order valence-corrected chi connectivity index (χ3v) is 6.12. The summed E-state index contributed by atoms with van der Waals surface area (Å²) in [6.07, 6.45) is 18.5. The van der Waals surface area contributed by atoms with Crippen LogP contribution in [0.1, 0.15) is 71.6 Å². The van der Waals surface area contributed by atoms with E-state index in [-0.39, 0.29) is 0 Å². The second-order valence-electron chi connectivity index (χ2n) is 7.60. The first-order valence-electron chi connectivity index (χ1n) is 7.80. The van der Waals surface area contributed by atoms with Gasteiger partial charge in [-0.15, -0.1) is 0 Å². The Bertz CT molecular complexity index is 308. The van der Waals surface area contributed by atoms with Crippen LogP contribution in [0.15, 0.2) is 12.2 Å². The van der Waals surface area contributed by atoms with Gasteiger partial charge in [0, 0.05) is 0 Å². The quantitative estimate of drug-likeness (QED) is 0.535. The van der Waals surface area contributed by atoms with E-state index in [0.29, 0.717) is 5.41 Å². The molecule has 3 atom stereocenters. The third-order valence-electron chi connectivity index (χ3n) is 6.12. The standard InChI is InChI=1S/C17H28/c1-14-6-5-8-16(2,12-14)15-7-11-17(13-15)9-3-4-10-17/h5,8,14-15H,3-4,6-7,9-13H2,1-2H3. The summed E-state index contributed by atoms with van der Waals surface area (Å²) in [7, 11) is 0. The molecule has 0 radical (unpaired) electrons. The predicted octanol–water partition coefficient (Wildman–Crippen LogP) is 5.34. The van der Waals surface area contributed by atoms with E-state index < -0.39 is 0 Å². The van der Waals surface area contributed by atoms with Gasteiger partial charge < -0.3 is 0 Å². The Labute approximate surface area is 107 Å². The summed E-state index contributed by atoms with van der Waals surface area (Å²) in [5.74, 6) is 1.89. The highest BCUT2D eigenvalue weighted by Gasteiger charge is 2.47. The first-order chi connectivity index (χ1) is 8.12. The van der Waals surface area contributed by atoms with Gasteiger partial charge in [-0.1, -0.05) is 38.8 Å². The minimum Gasteiger partial charge on any atom is -0.0877 e. The summed E-state index contributed by atoms with van der Waals surface area (Å²) < 4.78 is 0. The van der Waals surface area contributed by atoms with Crippen molar-refractivity contribution in [2.45, 2.75) is 71.6 Å². The molecule has 0 bridgehead atoms. The topological polar surface area (TPSA) is 0 Å². The van der Waals surface area contributed by atoms with Gasteiger partial charge in [-0.2, -0.15) is 0 Å². The normalized spacial score (nSPS) is 44.6. The molecular formula is C17H28. The lowest BCUT2D eigenvalue weighted by atomic mass is 9.66. The van der Waals surface area contributed by atoms with Crippen LogP contribution >= 0.6 is 0 Å². The predicted molar refractivity (Wildman–Crippen MR) is 73.9 cm³/mol. The Balaban J connectivity index is 1.73. The molecule has 0 heteroatoms. The van der Waals surface area contributed by atoms with Gasteiger partial charge in [0.25, 0.3) is 0 Å². The second kappa shape index (κ2) is 4.14. The molecular weight excluding hydrogens is 204 g/mol. The summed E-state index contributed by atoms with van der Waals surface area (Å²) >= 11 is 0. The maximum absolute atomic E-state index is 2.58. The van der Waals surface area contributed by atoms with Crippen LogP contribution in [0.25, 0.3) is 0 Å². The molecule has 17 heavy (non-hydrogen) atoms. The minimum absolute atomic E-state index is 0.532. The van der Waals surface area contributed by atoms with Crippen LogP contribution in [0.5, 0.6) is 0 Å². The smallest absolute Gasteiger partial charge is 0.0115 e. The Morgan fingerprint density at radius 2 is 1.82 bits per heavy atom. The molecule has 0 aliphatic heterocycles. The van der Waals surface area contributed by atoms with Crippen LogP contribution in [0, 0.1) is 22.7 Å². The highest BCUT2D eigenvalue weighted by Crippen LogP contribution is 2.58. The van der Waals surface area contributed by atoms with Crippen molar-refractivity contribution in [2.75, 3.05) is 0 Å². The summed E-state index contributed by atoms with van der Waals surface area (Å²) in [6, 6.07) is 0. The summed E-state index contributed by atoms with van der Waals surface area (Å²) in [6.45, 7) is 4.97. The number of allylic oxidation sites excluding steroid dienone is 2. The molecule has 2 fully saturated rings. The van der Waals surface area contributed by atoms with E-state index >= 15 is 0 Å². The van der Waals surface area contributed by atoms with E-state index in [1.54, 1.807) is 19.3 Å². The molecule has 0 N–H and O–H groups in total. The van der Waals surface area contributed by atoms with Gasteiger partial charge in [-0.25, -0.2) is 0 Å². The zero-order valence-electron chi connectivity index (χ0n) is 11.7. The SMILES string of the molecule is CC1CC=CC(C)(C2CCC3(CCCC3)C2)C1. The first kappa shape index (κ1) is 11.8. The van der Waals surface area contributed by atoms with Crippen molar-refractivity contribution in [2.24, 2.45) is 22.7 Å². The average molecular weight is 232 g/mol. The Hall–Kier alpha value is -0.260. The highest BCUT2D eigenvalue weighted by atomic mass is 14.5. The van der Waals surface area contributed by atoms with E-state index in [4.69, 9.17) is 0 Å². The lowest BCUT2D eigenvalue weighted by Crippen LogP contribution is -2.29. The second-order valence-corrected chi connectivity index (χ2v) is 7.60. The monoisotopic (exact) mass is 232 g/mol. The number of hydrogen-bond donors (Lipinski definition) is 0. The lowest BCUT2D eigenvalue weighted by Gasteiger charge is -2.39. The zero-order chi connectivity index (χ0) is 11.9. The summed E-state index contributed by atoms with van der Waals surface area (Å²) in [4.78, 5) is 0. The number of rotatable bonds is 1. The van der Waals surface area contributed by atoms with Crippen molar-refractivity contribution in [3.8, 4) is 0 Å². The molecule has 1 spiro atoms. The van der Waals surface area contributed by atoms with E-state index in [2.05, 4.69) is 26.0 Å². The molecule has 2 saturated carbocycles. The fraction of sp³-hybridized carbons (Fsp3) is 0.882. The van der Waals surface area contributed by atoms with Gasteiger partial charge in [-0.3, -0.25) is 0 Å². The lowest BCUT2D eigenvalue weighted by molar-refractivity contribution is 0.174. The fourth-order valence-corrected chi connectivity index (χ4v) is 5.12. The third kappa shape index (κ3) is 2.09. The van der Waals surface area contributed by atoms with E-state index in [9.17, 15) is 0 Å². The molecule has 0 aromatic carbocycles. The van der Waals surface area contributed by atoms with Crippen LogP contribution in [0.2, 0.25) is 0 Å². The molecule has 3 unspecified atom stereocenters. The summed E-state index contributed by atoms with van der Waals surface area (Å²) in [5.41, 5.74) is 1.33. The van der Waals surface area contributed by atoms with Crippen molar-refractivity contribution in [1.82, 2.24) is 0 Å². The van der Waals surface area contributed by atoms with Gasteiger partial charge >= 0.3 is 0 Å². The maximum Gasteiger partial charge on any atom is -0.0115 e. The van der Waals surface area contributed by atoms with Gasteiger partial charge in [0.05, 0.1) is 0 Å². The van der Waals surface area contributed by atoms with Crippen LogP contribution in [0.3, 0.4) is 0 Å². The largest absolute Gasteiger partial charge is 0.0877 e.